The molecule has 0 saturated heterocycles. The standard InChI is InChI=1S/C17H19N3O5S/c1-19-9-11-2-4-12(5-3-11)17(22)20-10-14-7-6-13(16(18)21)8-15(14)26(23,24)25/h2-8,19H,9-10H2,1H3,(H2,18,21)(H,20,22)(H,23,24,25). The summed E-state index contributed by atoms with van der Waals surface area (Å²) in [6, 6.07) is 10.5. The Balaban J connectivity index is 2.18. The molecule has 0 fully saturated rings. The molecule has 2 amide bonds. The van der Waals surface area contributed by atoms with Crippen LogP contribution < -0.4 is 16.4 Å². The predicted molar refractivity (Wildman–Crippen MR) is 95.2 cm³/mol. The van der Waals surface area contributed by atoms with Crippen molar-refractivity contribution in [2.75, 3.05) is 7.05 Å². The molecular formula is C17H19N3O5S. The third-order valence-corrected chi connectivity index (χ3v) is 4.60. The van der Waals surface area contributed by atoms with Crippen LogP contribution in [-0.2, 0) is 23.2 Å². The van der Waals surface area contributed by atoms with E-state index in [1.165, 1.54) is 12.1 Å². The fraction of sp³-hybridized carbons (Fsp3) is 0.176. The number of primary amides is 1. The second-order valence-corrected chi connectivity index (χ2v) is 6.96. The highest BCUT2D eigenvalue weighted by molar-refractivity contribution is 7.85. The Morgan fingerprint density at radius 3 is 2.19 bits per heavy atom. The van der Waals surface area contributed by atoms with Crippen LogP contribution in [0.2, 0.25) is 0 Å². The Kier molecular flexibility index (Phi) is 6.09. The molecular weight excluding hydrogens is 358 g/mol. The maximum Gasteiger partial charge on any atom is 0.294 e. The smallest absolute Gasteiger partial charge is 0.294 e. The van der Waals surface area contributed by atoms with Gasteiger partial charge in [-0.2, -0.15) is 8.42 Å². The Morgan fingerprint density at radius 2 is 1.65 bits per heavy atom. The Labute approximate surface area is 151 Å². The van der Waals surface area contributed by atoms with Crippen LogP contribution in [0.1, 0.15) is 31.8 Å². The van der Waals surface area contributed by atoms with Crippen molar-refractivity contribution in [3.63, 3.8) is 0 Å². The fourth-order valence-electron chi connectivity index (χ4n) is 2.35. The van der Waals surface area contributed by atoms with E-state index in [0.717, 1.165) is 11.6 Å². The van der Waals surface area contributed by atoms with Crippen molar-refractivity contribution >= 4 is 21.9 Å². The lowest BCUT2D eigenvalue weighted by Crippen LogP contribution is -2.24. The van der Waals surface area contributed by atoms with E-state index in [-0.39, 0.29) is 17.7 Å². The third-order valence-electron chi connectivity index (χ3n) is 3.67. The lowest BCUT2D eigenvalue weighted by molar-refractivity contribution is 0.0948. The van der Waals surface area contributed by atoms with Crippen molar-refractivity contribution in [3.05, 3.63) is 64.7 Å². The van der Waals surface area contributed by atoms with Gasteiger partial charge >= 0.3 is 0 Å². The quantitative estimate of drug-likeness (QED) is 0.524. The normalized spacial score (nSPS) is 11.2. The number of hydrogen-bond donors (Lipinski definition) is 4. The van der Waals surface area contributed by atoms with Crippen LogP contribution in [0.15, 0.2) is 47.4 Å². The second kappa shape index (κ2) is 8.09. The zero-order chi connectivity index (χ0) is 19.3. The van der Waals surface area contributed by atoms with Gasteiger partial charge in [-0.25, -0.2) is 0 Å². The van der Waals surface area contributed by atoms with Gasteiger partial charge < -0.3 is 16.4 Å². The first kappa shape index (κ1) is 19.6. The van der Waals surface area contributed by atoms with E-state index in [9.17, 15) is 22.6 Å². The van der Waals surface area contributed by atoms with Crippen molar-refractivity contribution in [3.8, 4) is 0 Å². The maximum absolute atomic E-state index is 12.2. The van der Waals surface area contributed by atoms with Crippen molar-refractivity contribution in [1.82, 2.24) is 10.6 Å². The Hall–Kier alpha value is -2.75. The van der Waals surface area contributed by atoms with E-state index in [1.54, 1.807) is 24.3 Å². The SMILES string of the molecule is CNCc1ccc(C(=O)NCc2ccc(C(N)=O)cc2S(=O)(=O)O)cc1. The van der Waals surface area contributed by atoms with Gasteiger partial charge in [0.25, 0.3) is 16.0 Å². The highest BCUT2D eigenvalue weighted by Gasteiger charge is 2.18. The highest BCUT2D eigenvalue weighted by Crippen LogP contribution is 2.18. The summed E-state index contributed by atoms with van der Waals surface area (Å²) >= 11 is 0. The van der Waals surface area contributed by atoms with Crippen molar-refractivity contribution in [2.24, 2.45) is 5.73 Å². The van der Waals surface area contributed by atoms with Crippen LogP contribution in [0.3, 0.4) is 0 Å². The van der Waals surface area contributed by atoms with Crippen LogP contribution in [-0.4, -0.2) is 31.8 Å². The average molecular weight is 377 g/mol. The van der Waals surface area contributed by atoms with E-state index in [2.05, 4.69) is 10.6 Å². The molecule has 0 aliphatic heterocycles. The molecule has 8 nitrogen and oxygen atoms in total. The molecule has 0 saturated carbocycles. The maximum atomic E-state index is 12.2. The van der Waals surface area contributed by atoms with Crippen molar-refractivity contribution < 1.29 is 22.6 Å². The van der Waals surface area contributed by atoms with Crippen LogP contribution >= 0.6 is 0 Å². The number of nitrogens with one attached hydrogen (secondary N) is 2. The van der Waals surface area contributed by atoms with Gasteiger partial charge in [-0.05, 0) is 42.4 Å². The Morgan fingerprint density at radius 1 is 1.04 bits per heavy atom. The van der Waals surface area contributed by atoms with Gasteiger partial charge in [-0.1, -0.05) is 18.2 Å². The minimum absolute atomic E-state index is 0.0622. The first-order valence-corrected chi connectivity index (χ1v) is 9.08. The molecule has 9 heteroatoms. The fourth-order valence-corrected chi connectivity index (χ4v) is 3.10. The molecule has 0 atom stereocenters. The summed E-state index contributed by atoms with van der Waals surface area (Å²) in [7, 11) is -2.76. The van der Waals surface area contributed by atoms with E-state index in [0.29, 0.717) is 12.1 Å². The molecule has 0 bridgehead atoms. The minimum atomic E-state index is -4.58. The third kappa shape index (κ3) is 4.88. The van der Waals surface area contributed by atoms with E-state index in [1.807, 2.05) is 7.05 Å². The molecule has 2 aromatic carbocycles. The molecule has 0 aliphatic rings. The summed E-state index contributed by atoms with van der Waals surface area (Å²) in [5.74, 6) is -1.23. The van der Waals surface area contributed by atoms with Crippen LogP contribution in [0, 0.1) is 0 Å². The average Bonchev–Trinajstić information content (AvgIpc) is 2.59. The van der Waals surface area contributed by atoms with Gasteiger partial charge in [-0.15, -0.1) is 0 Å². The zero-order valence-corrected chi connectivity index (χ0v) is 14.8. The minimum Gasteiger partial charge on any atom is -0.366 e. The van der Waals surface area contributed by atoms with Crippen LogP contribution in [0.5, 0.6) is 0 Å². The lowest BCUT2D eigenvalue weighted by atomic mass is 10.1. The Bertz CT molecular complexity index is 924. The monoisotopic (exact) mass is 377 g/mol. The molecule has 2 aromatic rings. The molecule has 138 valence electrons. The number of hydrogen-bond acceptors (Lipinski definition) is 5. The molecule has 0 aliphatic carbocycles. The van der Waals surface area contributed by atoms with E-state index in [4.69, 9.17) is 5.73 Å². The number of nitrogens with two attached hydrogens (primary N) is 1. The largest absolute Gasteiger partial charge is 0.366 e. The lowest BCUT2D eigenvalue weighted by Gasteiger charge is -2.10. The molecule has 0 aromatic heterocycles. The van der Waals surface area contributed by atoms with E-state index >= 15 is 0 Å². The first-order valence-electron chi connectivity index (χ1n) is 7.64. The number of carbonyl (C=O) groups is 2. The summed E-state index contributed by atoms with van der Waals surface area (Å²) in [6.45, 7) is 0.525. The number of rotatable bonds is 7. The van der Waals surface area contributed by atoms with Gasteiger partial charge in [0.15, 0.2) is 0 Å². The summed E-state index contributed by atoms with van der Waals surface area (Å²) < 4.78 is 32.4. The van der Waals surface area contributed by atoms with Gasteiger partial charge in [0, 0.05) is 24.2 Å². The summed E-state index contributed by atoms with van der Waals surface area (Å²) in [6.07, 6.45) is 0. The van der Waals surface area contributed by atoms with Crippen LogP contribution in [0.25, 0.3) is 0 Å². The molecule has 0 heterocycles. The predicted octanol–water partition coefficient (Wildman–Crippen LogP) is 0.682. The molecule has 2 rings (SSSR count). The number of benzene rings is 2. The topological polar surface area (TPSA) is 139 Å². The summed E-state index contributed by atoms with van der Waals surface area (Å²) in [5.41, 5.74) is 6.62. The van der Waals surface area contributed by atoms with Gasteiger partial charge in [-0.3, -0.25) is 14.1 Å². The molecule has 0 radical (unpaired) electrons. The highest BCUT2D eigenvalue weighted by atomic mass is 32.2. The number of carbonyl (C=O) groups excluding carboxylic acids is 2. The van der Waals surface area contributed by atoms with Gasteiger partial charge in [0.05, 0.1) is 4.90 Å². The number of amides is 2. The molecule has 0 unspecified atom stereocenters. The molecule has 5 N–H and O–H groups in total. The second-order valence-electron chi connectivity index (χ2n) is 5.57. The van der Waals surface area contributed by atoms with Gasteiger partial charge in [0.2, 0.25) is 5.91 Å². The zero-order valence-electron chi connectivity index (χ0n) is 14.0. The van der Waals surface area contributed by atoms with Crippen molar-refractivity contribution in [1.29, 1.82) is 0 Å². The molecule has 26 heavy (non-hydrogen) atoms. The first-order chi connectivity index (χ1) is 12.2. The van der Waals surface area contributed by atoms with E-state index < -0.39 is 26.8 Å². The summed E-state index contributed by atoms with van der Waals surface area (Å²) in [4.78, 5) is 22.9. The van der Waals surface area contributed by atoms with Crippen molar-refractivity contribution in [2.45, 2.75) is 18.0 Å². The summed E-state index contributed by atoms with van der Waals surface area (Å²) in [5, 5.41) is 5.58. The van der Waals surface area contributed by atoms with Gasteiger partial charge in [0.1, 0.15) is 0 Å². The van der Waals surface area contributed by atoms with Crippen LogP contribution in [0.4, 0.5) is 0 Å². The molecule has 0 spiro atoms.